The minimum atomic E-state index is -0.283. The Bertz CT molecular complexity index is 607. The van der Waals surface area contributed by atoms with Gasteiger partial charge in [-0.3, -0.25) is 0 Å². The van der Waals surface area contributed by atoms with Crippen LogP contribution in [0.2, 0.25) is 0 Å². The summed E-state index contributed by atoms with van der Waals surface area (Å²) in [4.78, 5) is 0. The number of rotatable bonds is 5. The van der Waals surface area contributed by atoms with Crippen LogP contribution < -0.4 is 5.32 Å². The lowest BCUT2D eigenvalue weighted by Crippen LogP contribution is -2.36. The van der Waals surface area contributed by atoms with Gasteiger partial charge < -0.3 is 5.32 Å². The second-order valence-electron chi connectivity index (χ2n) is 5.88. The summed E-state index contributed by atoms with van der Waals surface area (Å²) in [6.45, 7) is 7.37. The van der Waals surface area contributed by atoms with Crippen LogP contribution in [0.25, 0.3) is 10.6 Å². The quantitative estimate of drug-likeness (QED) is 0.790. The van der Waals surface area contributed by atoms with Crippen LogP contribution in [0.3, 0.4) is 0 Å². The van der Waals surface area contributed by atoms with Crippen LogP contribution in [0, 0.1) is 5.82 Å². The van der Waals surface area contributed by atoms with Crippen molar-refractivity contribution in [3.63, 3.8) is 0 Å². The summed E-state index contributed by atoms with van der Waals surface area (Å²) in [5.74, 6) is -0.283. The van der Waals surface area contributed by atoms with E-state index in [1.807, 2.05) is 0 Å². The maximum Gasteiger partial charge on any atom is 0.150 e. The molecule has 1 heterocycles. The third-order valence-electron chi connectivity index (χ3n) is 2.87. The van der Waals surface area contributed by atoms with Crippen LogP contribution >= 0.6 is 27.3 Å². The Hall–Kier alpha value is -0.850. The van der Waals surface area contributed by atoms with E-state index in [1.165, 1.54) is 11.3 Å². The van der Waals surface area contributed by atoms with Gasteiger partial charge in [0.05, 0.1) is 4.47 Å². The van der Waals surface area contributed by atoms with Crippen LogP contribution in [-0.2, 0) is 6.42 Å². The van der Waals surface area contributed by atoms with Crippen molar-refractivity contribution in [2.75, 3.05) is 6.54 Å². The van der Waals surface area contributed by atoms with Crippen LogP contribution in [0.5, 0.6) is 0 Å². The van der Waals surface area contributed by atoms with Gasteiger partial charge in [-0.15, -0.1) is 10.2 Å². The number of hydrogen-bond donors (Lipinski definition) is 1. The second kappa shape index (κ2) is 6.94. The molecule has 0 atom stereocenters. The Labute approximate surface area is 137 Å². The van der Waals surface area contributed by atoms with Crippen molar-refractivity contribution in [1.82, 2.24) is 15.5 Å². The van der Waals surface area contributed by atoms with Crippen molar-refractivity contribution in [3.05, 3.63) is 33.5 Å². The van der Waals surface area contributed by atoms with E-state index >= 15 is 0 Å². The Balaban J connectivity index is 1.97. The van der Waals surface area contributed by atoms with Crippen LogP contribution in [0.1, 0.15) is 32.2 Å². The molecule has 1 aromatic carbocycles. The van der Waals surface area contributed by atoms with E-state index < -0.39 is 0 Å². The predicted octanol–water partition coefficient (Wildman–Crippen LogP) is 4.43. The summed E-state index contributed by atoms with van der Waals surface area (Å²) in [6, 6.07) is 5.21. The first-order valence-corrected chi connectivity index (χ1v) is 8.49. The predicted molar refractivity (Wildman–Crippen MR) is 89.1 cm³/mol. The average molecular weight is 372 g/mol. The van der Waals surface area contributed by atoms with Gasteiger partial charge in [0.1, 0.15) is 10.8 Å². The number of aromatic nitrogens is 2. The molecule has 0 bridgehead atoms. The summed E-state index contributed by atoms with van der Waals surface area (Å²) in [5.41, 5.74) is 0.632. The lowest BCUT2D eigenvalue weighted by molar-refractivity contribution is 0.422. The normalized spacial score (nSPS) is 11.9. The molecule has 2 aromatic rings. The number of nitrogens with zero attached hydrogens (tertiary/aromatic N) is 2. The van der Waals surface area contributed by atoms with Gasteiger partial charge >= 0.3 is 0 Å². The van der Waals surface area contributed by atoms with Gasteiger partial charge in [0.25, 0.3) is 0 Å². The maximum absolute atomic E-state index is 14.0. The maximum atomic E-state index is 14.0. The van der Waals surface area contributed by atoms with E-state index in [0.717, 1.165) is 24.4 Å². The van der Waals surface area contributed by atoms with Crippen molar-refractivity contribution < 1.29 is 4.39 Å². The van der Waals surface area contributed by atoms with Crippen molar-refractivity contribution in [2.45, 2.75) is 39.2 Å². The molecule has 0 radical (unpaired) electrons. The molecule has 2 rings (SSSR count). The third-order valence-corrected chi connectivity index (χ3v) is 4.50. The van der Waals surface area contributed by atoms with Crippen molar-refractivity contribution in [2.24, 2.45) is 0 Å². The monoisotopic (exact) mass is 371 g/mol. The van der Waals surface area contributed by atoms with Crippen LogP contribution in [0.15, 0.2) is 22.7 Å². The smallest absolute Gasteiger partial charge is 0.150 e. The third kappa shape index (κ3) is 4.83. The molecule has 0 fully saturated rings. The summed E-state index contributed by atoms with van der Waals surface area (Å²) in [6.07, 6.45) is 1.85. The number of aryl methyl sites for hydroxylation is 1. The number of nitrogens with one attached hydrogen (secondary N) is 1. The summed E-state index contributed by atoms with van der Waals surface area (Å²) in [7, 11) is 0. The average Bonchev–Trinajstić information content (AvgIpc) is 2.85. The number of hydrogen-bond acceptors (Lipinski definition) is 4. The Morgan fingerprint density at radius 2 is 2.05 bits per heavy atom. The lowest BCUT2D eigenvalue weighted by atomic mass is 10.1. The van der Waals surface area contributed by atoms with Gasteiger partial charge in [-0.05, 0) is 61.8 Å². The largest absolute Gasteiger partial charge is 0.312 e. The molecule has 0 aliphatic heterocycles. The fourth-order valence-electron chi connectivity index (χ4n) is 1.84. The zero-order valence-electron chi connectivity index (χ0n) is 12.4. The second-order valence-corrected chi connectivity index (χ2v) is 7.80. The van der Waals surface area contributed by atoms with Crippen LogP contribution in [0.4, 0.5) is 4.39 Å². The highest BCUT2D eigenvalue weighted by atomic mass is 79.9. The van der Waals surface area contributed by atoms with Gasteiger partial charge in [-0.2, -0.15) is 0 Å². The molecule has 114 valence electrons. The fourth-order valence-corrected chi connectivity index (χ4v) is 3.10. The van der Waals surface area contributed by atoms with Crippen molar-refractivity contribution >= 4 is 27.3 Å². The summed E-state index contributed by atoms with van der Waals surface area (Å²) in [5, 5.41) is 13.3. The van der Waals surface area contributed by atoms with Gasteiger partial charge in [-0.25, -0.2) is 4.39 Å². The molecule has 1 aromatic heterocycles. The molecular weight excluding hydrogens is 353 g/mol. The minimum absolute atomic E-state index is 0.131. The Morgan fingerprint density at radius 1 is 1.29 bits per heavy atom. The molecular formula is C15H19BrFN3S. The van der Waals surface area contributed by atoms with Gasteiger partial charge in [0.15, 0.2) is 5.01 Å². The highest BCUT2D eigenvalue weighted by molar-refractivity contribution is 9.10. The zero-order chi connectivity index (χ0) is 15.5. The van der Waals surface area contributed by atoms with Gasteiger partial charge in [0.2, 0.25) is 0 Å². The molecule has 0 aliphatic rings. The van der Waals surface area contributed by atoms with E-state index in [1.54, 1.807) is 18.2 Å². The van der Waals surface area contributed by atoms with Crippen molar-refractivity contribution in [3.8, 4) is 10.6 Å². The highest BCUT2D eigenvalue weighted by Crippen LogP contribution is 2.30. The topological polar surface area (TPSA) is 37.8 Å². The molecule has 1 N–H and O–H groups in total. The van der Waals surface area contributed by atoms with E-state index in [-0.39, 0.29) is 11.4 Å². The summed E-state index contributed by atoms with van der Waals surface area (Å²) < 4.78 is 14.5. The number of halogens is 2. The van der Waals surface area contributed by atoms with Crippen LogP contribution in [-0.4, -0.2) is 22.3 Å². The molecule has 0 saturated heterocycles. The van der Waals surface area contributed by atoms with E-state index in [9.17, 15) is 4.39 Å². The van der Waals surface area contributed by atoms with E-state index in [2.05, 4.69) is 52.2 Å². The fraction of sp³-hybridized carbons (Fsp3) is 0.467. The molecule has 21 heavy (non-hydrogen) atoms. The van der Waals surface area contributed by atoms with Crippen molar-refractivity contribution in [1.29, 1.82) is 0 Å². The molecule has 3 nitrogen and oxygen atoms in total. The molecule has 0 unspecified atom stereocenters. The van der Waals surface area contributed by atoms with E-state index in [0.29, 0.717) is 15.0 Å². The standard InChI is InChI=1S/C15H19BrFN3S/c1-15(2,3)18-9-5-8-12-19-20-14(21-12)10-6-4-7-11(16)13(10)17/h4,6-7,18H,5,8-9H2,1-3H3. The minimum Gasteiger partial charge on any atom is -0.312 e. The van der Waals surface area contributed by atoms with E-state index in [4.69, 9.17) is 0 Å². The summed E-state index contributed by atoms with van der Waals surface area (Å²) >= 11 is 4.65. The Kier molecular flexibility index (Phi) is 5.46. The first-order valence-electron chi connectivity index (χ1n) is 6.88. The first-order chi connectivity index (χ1) is 9.87. The number of benzene rings is 1. The first kappa shape index (κ1) is 16.5. The molecule has 0 spiro atoms. The molecule has 0 saturated carbocycles. The van der Waals surface area contributed by atoms with Gasteiger partial charge in [-0.1, -0.05) is 17.4 Å². The SMILES string of the molecule is CC(C)(C)NCCCc1nnc(-c2cccc(Br)c2F)s1. The Morgan fingerprint density at radius 3 is 2.76 bits per heavy atom. The highest BCUT2D eigenvalue weighted by Gasteiger charge is 2.13. The zero-order valence-corrected chi connectivity index (χ0v) is 14.8. The molecule has 0 aliphatic carbocycles. The molecule has 6 heteroatoms. The lowest BCUT2D eigenvalue weighted by Gasteiger charge is -2.20. The molecule has 0 amide bonds. The van der Waals surface area contributed by atoms with Gasteiger partial charge in [0, 0.05) is 17.5 Å².